The summed E-state index contributed by atoms with van der Waals surface area (Å²) in [4.78, 5) is 16.2. The Morgan fingerprint density at radius 2 is 2.12 bits per heavy atom. The molecule has 126 valence electrons. The minimum absolute atomic E-state index is 0.0781. The molecule has 0 aliphatic carbocycles. The van der Waals surface area contributed by atoms with Crippen LogP contribution in [0.4, 0.5) is 0 Å². The van der Waals surface area contributed by atoms with Gasteiger partial charge in [-0.2, -0.15) is 5.10 Å². The quantitative estimate of drug-likeness (QED) is 0.794. The summed E-state index contributed by atoms with van der Waals surface area (Å²) in [5.41, 5.74) is 3.70. The number of nitrogens with one attached hydrogen (secondary N) is 1. The predicted molar refractivity (Wildman–Crippen MR) is 93.3 cm³/mol. The van der Waals surface area contributed by atoms with Crippen molar-refractivity contribution < 1.29 is 9.53 Å². The van der Waals surface area contributed by atoms with Crippen molar-refractivity contribution in [2.45, 2.75) is 12.5 Å². The Morgan fingerprint density at radius 1 is 1.28 bits per heavy atom. The average molecular weight is 334 g/mol. The molecule has 0 fully saturated rings. The molecule has 1 N–H and O–H groups in total. The second-order valence-corrected chi connectivity index (χ2v) is 6.06. The van der Waals surface area contributed by atoms with Crippen molar-refractivity contribution in [2.24, 2.45) is 7.05 Å². The third-order valence-electron chi connectivity index (χ3n) is 4.26. The van der Waals surface area contributed by atoms with Crippen molar-refractivity contribution >= 4 is 5.91 Å². The minimum Gasteiger partial charge on any atom is -0.487 e. The lowest BCUT2D eigenvalue weighted by atomic mass is 10.0. The minimum atomic E-state index is -0.186. The van der Waals surface area contributed by atoms with E-state index in [9.17, 15) is 4.79 Å². The van der Waals surface area contributed by atoms with Crippen LogP contribution in [-0.2, 0) is 13.5 Å². The topological polar surface area (TPSA) is 69.0 Å². The molecule has 1 amide bonds. The van der Waals surface area contributed by atoms with Crippen LogP contribution in [0.3, 0.4) is 0 Å². The lowest BCUT2D eigenvalue weighted by Gasteiger charge is -2.13. The van der Waals surface area contributed by atoms with Gasteiger partial charge in [-0.05, 0) is 29.3 Å². The number of para-hydroxylation sites is 1. The van der Waals surface area contributed by atoms with E-state index in [-0.39, 0.29) is 12.0 Å². The van der Waals surface area contributed by atoms with Crippen LogP contribution in [0.25, 0.3) is 11.1 Å². The number of carbonyl (C=O) groups is 1. The number of benzene rings is 1. The summed E-state index contributed by atoms with van der Waals surface area (Å²) in [6, 6.07) is 11.8. The van der Waals surface area contributed by atoms with Crippen LogP contribution < -0.4 is 10.1 Å². The van der Waals surface area contributed by atoms with Gasteiger partial charge < -0.3 is 10.1 Å². The van der Waals surface area contributed by atoms with Crippen molar-refractivity contribution in [1.82, 2.24) is 20.1 Å². The molecule has 1 unspecified atom stereocenters. The van der Waals surface area contributed by atoms with E-state index < -0.39 is 0 Å². The maximum Gasteiger partial charge on any atom is 0.271 e. The highest BCUT2D eigenvalue weighted by Gasteiger charge is 2.26. The Bertz CT molecular complexity index is 905. The van der Waals surface area contributed by atoms with E-state index >= 15 is 0 Å². The van der Waals surface area contributed by atoms with Crippen LogP contribution >= 0.6 is 0 Å². The Labute approximate surface area is 145 Å². The lowest BCUT2D eigenvalue weighted by Crippen LogP contribution is -2.34. The molecule has 4 rings (SSSR count). The van der Waals surface area contributed by atoms with Gasteiger partial charge in [0.1, 0.15) is 17.5 Å². The number of pyridine rings is 1. The van der Waals surface area contributed by atoms with Gasteiger partial charge >= 0.3 is 0 Å². The fourth-order valence-electron chi connectivity index (χ4n) is 3.04. The number of fused-ring (bicyclic) bond motifs is 1. The second-order valence-electron chi connectivity index (χ2n) is 6.06. The zero-order valence-corrected chi connectivity index (χ0v) is 13.8. The maximum absolute atomic E-state index is 12.1. The van der Waals surface area contributed by atoms with Gasteiger partial charge in [0.05, 0.1) is 6.54 Å². The van der Waals surface area contributed by atoms with Gasteiger partial charge in [0.2, 0.25) is 0 Å². The first-order chi connectivity index (χ1) is 12.2. The van der Waals surface area contributed by atoms with Gasteiger partial charge in [0.15, 0.2) is 0 Å². The zero-order valence-electron chi connectivity index (χ0n) is 13.8. The van der Waals surface area contributed by atoms with E-state index in [0.717, 1.165) is 28.9 Å². The first-order valence-electron chi connectivity index (χ1n) is 8.17. The van der Waals surface area contributed by atoms with Crippen LogP contribution in [0, 0.1) is 0 Å². The van der Waals surface area contributed by atoms with E-state index in [1.807, 2.05) is 24.3 Å². The molecule has 0 spiro atoms. The van der Waals surface area contributed by atoms with Crippen molar-refractivity contribution in [2.75, 3.05) is 6.54 Å². The highest BCUT2D eigenvalue weighted by Crippen LogP contribution is 2.38. The standard InChI is InChI=1S/C19H18N4O2/c1-23-10-7-17(22-23)19(24)21-12-15-11-14-3-2-4-16(18(14)25-15)13-5-8-20-9-6-13/h2-10,15H,11-12H2,1H3,(H,21,24). The number of ether oxygens (including phenoxy) is 1. The molecule has 3 heterocycles. The number of aryl methyl sites for hydroxylation is 1. The summed E-state index contributed by atoms with van der Waals surface area (Å²) in [6.45, 7) is 0.444. The summed E-state index contributed by atoms with van der Waals surface area (Å²) in [5, 5.41) is 7.01. The monoisotopic (exact) mass is 334 g/mol. The largest absolute Gasteiger partial charge is 0.487 e. The van der Waals surface area contributed by atoms with Gasteiger partial charge in [0.25, 0.3) is 5.91 Å². The molecule has 25 heavy (non-hydrogen) atoms. The molecule has 6 heteroatoms. The highest BCUT2D eigenvalue weighted by molar-refractivity contribution is 5.92. The Kier molecular flexibility index (Phi) is 3.93. The number of aromatic nitrogens is 3. The SMILES string of the molecule is Cn1ccc(C(=O)NCC2Cc3cccc(-c4ccncc4)c3O2)n1. The van der Waals surface area contributed by atoms with Gasteiger partial charge in [-0.1, -0.05) is 18.2 Å². The molecule has 6 nitrogen and oxygen atoms in total. The highest BCUT2D eigenvalue weighted by atomic mass is 16.5. The predicted octanol–water partition coefficient (Wildman–Crippen LogP) is 2.22. The van der Waals surface area contributed by atoms with E-state index in [0.29, 0.717) is 12.2 Å². The van der Waals surface area contributed by atoms with Gasteiger partial charge in [0, 0.05) is 37.6 Å². The smallest absolute Gasteiger partial charge is 0.271 e. The van der Waals surface area contributed by atoms with Crippen molar-refractivity contribution in [3.8, 4) is 16.9 Å². The molecule has 3 aromatic rings. The van der Waals surface area contributed by atoms with Crippen LogP contribution in [0.1, 0.15) is 16.1 Å². The lowest BCUT2D eigenvalue weighted by molar-refractivity contribution is 0.0928. The molecule has 0 radical (unpaired) electrons. The number of hydrogen-bond acceptors (Lipinski definition) is 4. The summed E-state index contributed by atoms with van der Waals surface area (Å²) in [7, 11) is 1.79. The molecule has 1 aliphatic rings. The van der Waals surface area contributed by atoms with Crippen molar-refractivity contribution in [3.63, 3.8) is 0 Å². The van der Waals surface area contributed by atoms with Gasteiger partial charge in [-0.25, -0.2) is 0 Å². The Balaban J connectivity index is 1.46. The first-order valence-corrected chi connectivity index (χ1v) is 8.17. The van der Waals surface area contributed by atoms with Gasteiger partial charge in [-0.15, -0.1) is 0 Å². The molecule has 1 aliphatic heterocycles. The van der Waals surface area contributed by atoms with E-state index in [1.165, 1.54) is 0 Å². The molecular formula is C19H18N4O2. The van der Waals surface area contributed by atoms with E-state index in [1.54, 1.807) is 36.4 Å². The number of rotatable bonds is 4. The summed E-state index contributed by atoms with van der Waals surface area (Å²) in [5.74, 6) is 0.709. The van der Waals surface area contributed by atoms with E-state index in [4.69, 9.17) is 4.74 Å². The second kappa shape index (κ2) is 6.39. The van der Waals surface area contributed by atoms with Crippen LogP contribution in [0.15, 0.2) is 55.0 Å². The summed E-state index contributed by atoms with van der Waals surface area (Å²) in [6.07, 6.45) is 5.99. The molecule has 0 saturated heterocycles. The normalized spacial score (nSPS) is 15.5. The Hall–Kier alpha value is -3.15. The molecule has 1 aromatic carbocycles. The van der Waals surface area contributed by atoms with Gasteiger partial charge in [-0.3, -0.25) is 14.5 Å². The molecule has 2 aromatic heterocycles. The third kappa shape index (κ3) is 3.10. The number of amides is 1. The molecular weight excluding hydrogens is 316 g/mol. The third-order valence-corrected chi connectivity index (χ3v) is 4.26. The van der Waals surface area contributed by atoms with Crippen LogP contribution in [0.5, 0.6) is 5.75 Å². The van der Waals surface area contributed by atoms with Crippen LogP contribution in [-0.4, -0.2) is 33.3 Å². The van der Waals surface area contributed by atoms with E-state index in [2.05, 4.69) is 21.5 Å². The zero-order chi connectivity index (χ0) is 17.2. The molecule has 0 bridgehead atoms. The number of nitrogens with zero attached hydrogens (tertiary/aromatic N) is 3. The maximum atomic E-state index is 12.1. The fourth-order valence-corrected chi connectivity index (χ4v) is 3.04. The van der Waals surface area contributed by atoms with Crippen LogP contribution in [0.2, 0.25) is 0 Å². The van der Waals surface area contributed by atoms with Crippen molar-refractivity contribution in [3.05, 3.63) is 66.2 Å². The average Bonchev–Trinajstić information content (AvgIpc) is 3.26. The fraction of sp³-hybridized carbons (Fsp3) is 0.211. The molecule has 1 atom stereocenters. The molecule has 0 saturated carbocycles. The Morgan fingerprint density at radius 3 is 2.88 bits per heavy atom. The summed E-state index contributed by atoms with van der Waals surface area (Å²) >= 11 is 0. The first kappa shape index (κ1) is 15.4. The summed E-state index contributed by atoms with van der Waals surface area (Å²) < 4.78 is 7.73. The number of hydrogen-bond donors (Lipinski definition) is 1. The van der Waals surface area contributed by atoms with Crippen molar-refractivity contribution in [1.29, 1.82) is 0 Å². The number of carbonyl (C=O) groups excluding carboxylic acids is 1.